The molecule has 0 unspecified atom stereocenters. The van der Waals surface area contributed by atoms with E-state index < -0.39 is 0 Å². The summed E-state index contributed by atoms with van der Waals surface area (Å²) in [5.41, 5.74) is 7.26. The Labute approximate surface area is 113 Å². The van der Waals surface area contributed by atoms with Crippen LogP contribution in [0.3, 0.4) is 0 Å². The van der Waals surface area contributed by atoms with E-state index in [1.54, 1.807) is 19.1 Å². The summed E-state index contributed by atoms with van der Waals surface area (Å²) in [6, 6.07) is 7.49. The third-order valence-corrected chi connectivity index (χ3v) is 2.81. The number of carbonyl (C=O) groups excluding carboxylic acids is 2. The highest BCUT2D eigenvalue weighted by Gasteiger charge is 2.09. The molecule has 2 N–H and O–H groups in total. The minimum absolute atomic E-state index is 0.0292. The maximum atomic E-state index is 11.9. The highest BCUT2D eigenvalue weighted by Crippen LogP contribution is 2.10. The summed E-state index contributed by atoms with van der Waals surface area (Å²) >= 11 is 0. The molecule has 19 heavy (non-hydrogen) atoms. The van der Waals surface area contributed by atoms with Crippen LogP contribution in [-0.2, 0) is 16.0 Å². The minimum Gasteiger partial charge on any atom is -0.466 e. The van der Waals surface area contributed by atoms with Crippen molar-refractivity contribution in [1.29, 1.82) is 0 Å². The van der Waals surface area contributed by atoms with Gasteiger partial charge in [-0.15, -0.1) is 0 Å². The largest absolute Gasteiger partial charge is 0.466 e. The van der Waals surface area contributed by atoms with Gasteiger partial charge in [0.15, 0.2) is 5.78 Å². The lowest BCUT2D eigenvalue weighted by atomic mass is 10.0. The Morgan fingerprint density at radius 3 is 2.42 bits per heavy atom. The predicted octanol–water partition coefficient (Wildman–Crippen LogP) is 2.10. The molecule has 0 fully saturated rings. The maximum absolute atomic E-state index is 11.9. The number of benzene rings is 1. The zero-order valence-corrected chi connectivity index (χ0v) is 11.4. The van der Waals surface area contributed by atoms with Crippen LogP contribution in [0.25, 0.3) is 0 Å². The van der Waals surface area contributed by atoms with Gasteiger partial charge in [0.1, 0.15) is 0 Å². The SMILES string of the molecule is CCOC(=O)CCC(=O)c1ccc(CCCN)cc1. The molecule has 4 nitrogen and oxygen atoms in total. The molecule has 1 aromatic carbocycles. The van der Waals surface area contributed by atoms with Gasteiger partial charge in [-0.1, -0.05) is 24.3 Å². The standard InChI is InChI=1S/C15H21NO3/c1-2-19-15(18)10-9-14(17)13-7-5-12(6-8-13)4-3-11-16/h5-8H,2-4,9-11,16H2,1H3. The van der Waals surface area contributed by atoms with Crippen molar-refractivity contribution in [2.75, 3.05) is 13.2 Å². The van der Waals surface area contributed by atoms with Crippen LogP contribution in [0.5, 0.6) is 0 Å². The Morgan fingerprint density at radius 2 is 1.84 bits per heavy atom. The molecular weight excluding hydrogens is 242 g/mol. The van der Waals surface area contributed by atoms with Crippen molar-refractivity contribution in [2.45, 2.75) is 32.6 Å². The number of rotatable bonds is 8. The molecule has 0 aliphatic carbocycles. The second-order valence-corrected chi connectivity index (χ2v) is 4.32. The molecule has 0 spiro atoms. The highest BCUT2D eigenvalue weighted by molar-refractivity contribution is 5.97. The topological polar surface area (TPSA) is 69.4 Å². The molecule has 4 heteroatoms. The van der Waals surface area contributed by atoms with Gasteiger partial charge in [0.2, 0.25) is 0 Å². The Balaban J connectivity index is 2.46. The molecule has 1 rings (SSSR count). The molecule has 0 heterocycles. The third-order valence-electron chi connectivity index (χ3n) is 2.81. The van der Waals surface area contributed by atoms with Crippen molar-refractivity contribution in [3.8, 4) is 0 Å². The van der Waals surface area contributed by atoms with Crippen LogP contribution in [-0.4, -0.2) is 24.9 Å². The Morgan fingerprint density at radius 1 is 1.16 bits per heavy atom. The van der Waals surface area contributed by atoms with Crippen molar-refractivity contribution < 1.29 is 14.3 Å². The van der Waals surface area contributed by atoms with Gasteiger partial charge in [0.05, 0.1) is 13.0 Å². The lowest BCUT2D eigenvalue weighted by Crippen LogP contribution is -2.08. The summed E-state index contributed by atoms with van der Waals surface area (Å²) in [4.78, 5) is 23.0. The molecule has 0 atom stereocenters. The van der Waals surface area contributed by atoms with E-state index >= 15 is 0 Å². The minimum atomic E-state index is -0.324. The van der Waals surface area contributed by atoms with Crippen molar-refractivity contribution in [3.63, 3.8) is 0 Å². The van der Waals surface area contributed by atoms with E-state index in [0.717, 1.165) is 12.8 Å². The first-order valence-corrected chi connectivity index (χ1v) is 6.65. The highest BCUT2D eigenvalue weighted by atomic mass is 16.5. The lowest BCUT2D eigenvalue weighted by molar-refractivity contribution is -0.143. The summed E-state index contributed by atoms with van der Waals surface area (Å²) < 4.78 is 4.79. The van der Waals surface area contributed by atoms with Crippen LogP contribution < -0.4 is 5.73 Å². The molecule has 0 saturated carbocycles. The van der Waals surface area contributed by atoms with Crippen LogP contribution in [0.4, 0.5) is 0 Å². The summed E-state index contributed by atoms with van der Waals surface area (Å²) in [7, 11) is 0. The van der Waals surface area contributed by atoms with Crippen LogP contribution in [0.2, 0.25) is 0 Å². The molecule has 0 radical (unpaired) electrons. The first-order chi connectivity index (χ1) is 9.17. The number of ketones is 1. The van der Waals surface area contributed by atoms with E-state index in [1.807, 2.05) is 12.1 Å². The molecule has 0 aliphatic heterocycles. The van der Waals surface area contributed by atoms with E-state index in [2.05, 4.69) is 0 Å². The average molecular weight is 263 g/mol. The summed E-state index contributed by atoms with van der Waals surface area (Å²) in [5, 5.41) is 0. The van der Waals surface area contributed by atoms with E-state index in [0.29, 0.717) is 18.7 Å². The fourth-order valence-corrected chi connectivity index (χ4v) is 1.76. The first kappa shape index (κ1) is 15.4. The van der Waals surface area contributed by atoms with Gasteiger partial charge in [-0.25, -0.2) is 0 Å². The van der Waals surface area contributed by atoms with Crippen LogP contribution in [0.1, 0.15) is 42.1 Å². The molecule has 0 aliphatic rings. The number of ether oxygens (including phenoxy) is 1. The number of esters is 1. The van der Waals surface area contributed by atoms with Crippen LogP contribution >= 0.6 is 0 Å². The van der Waals surface area contributed by atoms with Crippen LogP contribution in [0.15, 0.2) is 24.3 Å². The monoisotopic (exact) mass is 263 g/mol. The lowest BCUT2D eigenvalue weighted by Gasteiger charge is -2.04. The molecule has 1 aromatic rings. The van der Waals surface area contributed by atoms with Gasteiger partial charge >= 0.3 is 5.97 Å². The normalized spacial score (nSPS) is 10.2. The average Bonchev–Trinajstić information content (AvgIpc) is 2.43. The smallest absolute Gasteiger partial charge is 0.306 e. The molecule has 0 aromatic heterocycles. The molecular formula is C15H21NO3. The van der Waals surface area contributed by atoms with Crippen molar-refractivity contribution in [2.24, 2.45) is 5.73 Å². The quantitative estimate of drug-likeness (QED) is 0.576. The van der Waals surface area contributed by atoms with Gasteiger partial charge in [0.25, 0.3) is 0 Å². The molecule has 0 amide bonds. The van der Waals surface area contributed by atoms with E-state index in [9.17, 15) is 9.59 Å². The number of hydrogen-bond donors (Lipinski definition) is 1. The van der Waals surface area contributed by atoms with Crippen molar-refractivity contribution in [1.82, 2.24) is 0 Å². The van der Waals surface area contributed by atoms with E-state index in [4.69, 9.17) is 10.5 Å². The maximum Gasteiger partial charge on any atom is 0.306 e. The number of Topliss-reactive ketones (excluding diaryl/α,β-unsaturated/α-hetero) is 1. The molecule has 0 bridgehead atoms. The molecule has 0 saturated heterocycles. The zero-order valence-electron chi connectivity index (χ0n) is 11.4. The predicted molar refractivity (Wildman–Crippen MR) is 74.0 cm³/mol. The zero-order chi connectivity index (χ0) is 14.1. The van der Waals surface area contributed by atoms with Crippen molar-refractivity contribution >= 4 is 11.8 Å². The van der Waals surface area contributed by atoms with Gasteiger partial charge in [-0.05, 0) is 31.9 Å². The van der Waals surface area contributed by atoms with E-state index in [-0.39, 0.29) is 24.6 Å². The van der Waals surface area contributed by atoms with E-state index in [1.165, 1.54) is 5.56 Å². The summed E-state index contributed by atoms with van der Waals surface area (Å²) in [6.07, 6.45) is 2.20. The van der Waals surface area contributed by atoms with Gasteiger partial charge in [-0.3, -0.25) is 9.59 Å². The van der Waals surface area contributed by atoms with Gasteiger partial charge in [0, 0.05) is 12.0 Å². The van der Waals surface area contributed by atoms with Crippen molar-refractivity contribution in [3.05, 3.63) is 35.4 Å². The third kappa shape index (κ3) is 5.66. The summed E-state index contributed by atoms with van der Waals surface area (Å²) in [6.45, 7) is 2.77. The second kappa shape index (κ2) is 8.43. The first-order valence-electron chi connectivity index (χ1n) is 6.65. The fraction of sp³-hybridized carbons (Fsp3) is 0.467. The fourth-order valence-electron chi connectivity index (χ4n) is 1.76. The number of carbonyl (C=O) groups is 2. The van der Waals surface area contributed by atoms with Gasteiger partial charge < -0.3 is 10.5 Å². The Kier molecular flexibility index (Phi) is 6.82. The van der Waals surface area contributed by atoms with Crippen LogP contribution in [0, 0.1) is 0 Å². The number of hydrogen-bond acceptors (Lipinski definition) is 4. The second-order valence-electron chi connectivity index (χ2n) is 4.32. The Bertz CT molecular complexity index is 412. The molecule has 104 valence electrons. The summed E-state index contributed by atoms with van der Waals surface area (Å²) in [5.74, 6) is -0.353. The van der Waals surface area contributed by atoms with Gasteiger partial charge in [-0.2, -0.15) is 0 Å². The number of nitrogens with two attached hydrogens (primary N) is 1. The Hall–Kier alpha value is -1.68. The number of aryl methyl sites for hydroxylation is 1.